The maximum Gasteiger partial charge on any atom is 0.251 e. The zero-order valence-electron chi connectivity index (χ0n) is 11.8. The van der Waals surface area contributed by atoms with Crippen molar-refractivity contribution >= 4 is 11.6 Å². The minimum Gasteiger partial charge on any atom is -0.367 e. The molecule has 114 valence electrons. The summed E-state index contributed by atoms with van der Waals surface area (Å²) in [6.45, 7) is 1.11. The summed E-state index contributed by atoms with van der Waals surface area (Å²) >= 11 is 0. The number of pyridine rings is 1. The number of nitrogens with zero attached hydrogens (tertiary/aromatic N) is 2. The summed E-state index contributed by atoms with van der Waals surface area (Å²) in [6, 6.07) is 6.76. The van der Waals surface area contributed by atoms with Gasteiger partial charge in [0.25, 0.3) is 5.91 Å². The van der Waals surface area contributed by atoms with Gasteiger partial charge in [0, 0.05) is 43.2 Å². The van der Waals surface area contributed by atoms with Crippen LogP contribution in [-0.2, 0) is 0 Å². The Balaban J connectivity index is 1.64. The first-order chi connectivity index (χ1) is 10.6. The lowest BCUT2D eigenvalue weighted by Crippen LogP contribution is -2.37. The Morgan fingerprint density at radius 2 is 2.00 bits per heavy atom. The Morgan fingerprint density at radius 3 is 2.73 bits per heavy atom. The van der Waals surface area contributed by atoms with Gasteiger partial charge in [0.15, 0.2) is 0 Å². The minimum absolute atomic E-state index is 0.0647. The molecule has 1 N–H and O–H groups in total. The standard InChI is InChI=1S/C16H15F2N3O/c17-12-1-2-15(14(18)9-12)21-8-5-13(10-21)20-16(22)11-3-6-19-7-4-11/h1-4,6-7,9,13H,5,8,10H2,(H,20,22)/t13-/m1/s1. The van der Waals surface area contributed by atoms with E-state index in [1.807, 2.05) is 4.90 Å². The molecule has 1 amide bonds. The van der Waals surface area contributed by atoms with Gasteiger partial charge in [-0.2, -0.15) is 0 Å². The summed E-state index contributed by atoms with van der Waals surface area (Å²) in [4.78, 5) is 17.8. The van der Waals surface area contributed by atoms with E-state index >= 15 is 0 Å². The molecule has 1 aliphatic heterocycles. The van der Waals surface area contributed by atoms with Gasteiger partial charge in [-0.15, -0.1) is 0 Å². The number of carbonyl (C=O) groups excluding carboxylic acids is 1. The van der Waals surface area contributed by atoms with Crippen LogP contribution >= 0.6 is 0 Å². The molecule has 0 radical (unpaired) electrons. The quantitative estimate of drug-likeness (QED) is 0.947. The maximum atomic E-state index is 13.8. The van der Waals surface area contributed by atoms with Crippen molar-refractivity contribution in [1.29, 1.82) is 0 Å². The molecule has 1 aromatic heterocycles. The molecular formula is C16H15F2N3O. The lowest BCUT2D eigenvalue weighted by atomic mass is 10.2. The van der Waals surface area contributed by atoms with Gasteiger partial charge >= 0.3 is 0 Å². The van der Waals surface area contributed by atoms with E-state index in [9.17, 15) is 13.6 Å². The van der Waals surface area contributed by atoms with Crippen molar-refractivity contribution in [3.05, 3.63) is 59.9 Å². The number of anilines is 1. The highest BCUT2D eigenvalue weighted by Gasteiger charge is 2.26. The van der Waals surface area contributed by atoms with E-state index in [0.29, 0.717) is 30.8 Å². The number of hydrogen-bond acceptors (Lipinski definition) is 3. The van der Waals surface area contributed by atoms with Crippen molar-refractivity contribution in [2.75, 3.05) is 18.0 Å². The second-order valence-corrected chi connectivity index (χ2v) is 5.24. The van der Waals surface area contributed by atoms with Gasteiger partial charge in [-0.3, -0.25) is 9.78 Å². The van der Waals surface area contributed by atoms with Gasteiger partial charge in [-0.05, 0) is 30.7 Å². The van der Waals surface area contributed by atoms with Crippen molar-refractivity contribution in [1.82, 2.24) is 10.3 Å². The number of nitrogens with one attached hydrogen (secondary N) is 1. The zero-order chi connectivity index (χ0) is 15.5. The normalized spacial score (nSPS) is 17.5. The van der Waals surface area contributed by atoms with Crippen LogP contribution in [0.1, 0.15) is 16.8 Å². The van der Waals surface area contributed by atoms with Gasteiger partial charge in [0.05, 0.1) is 5.69 Å². The molecule has 22 heavy (non-hydrogen) atoms. The fourth-order valence-electron chi connectivity index (χ4n) is 2.61. The van der Waals surface area contributed by atoms with Crippen molar-refractivity contribution in [2.24, 2.45) is 0 Å². The van der Waals surface area contributed by atoms with Crippen LogP contribution in [0.2, 0.25) is 0 Å². The molecule has 0 bridgehead atoms. The first-order valence-corrected chi connectivity index (χ1v) is 7.04. The van der Waals surface area contributed by atoms with Gasteiger partial charge in [0.1, 0.15) is 11.6 Å². The predicted molar refractivity (Wildman–Crippen MR) is 78.7 cm³/mol. The molecular weight excluding hydrogens is 288 g/mol. The highest BCUT2D eigenvalue weighted by atomic mass is 19.1. The Kier molecular flexibility index (Phi) is 4.00. The lowest BCUT2D eigenvalue weighted by molar-refractivity contribution is 0.0940. The summed E-state index contributed by atoms with van der Waals surface area (Å²) in [5, 5.41) is 2.92. The first kappa shape index (κ1) is 14.4. The Morgan fingerprint density at radius 1 is 1.23 bits per heavy atom. The summed E-state index contributed by atoms with van der Waals surface area (Å²) in [6.07, 6.45) is 3.83. The zero-order valence-corrected chi connectivity index (χ0v) is 11.8. The molecule has 1 atom stereocenters. The van der Waals surface area contributed by atoms with Gasteiger partial charge in [0.2, 0.25) is 0 Å². The average Bonchev–Trinajstić information content (AvgIpc) is 2.96. The van der Waals surface area contributed by atoms with E-state index < -0.39 is 11.6 Å². The molecule has 1 fully saturated rings. The molecule has 4 nitrogen and oxygen atoms in total. The van der Waals surface area contributed by atoms with Crippen LogP contribution in [0.3, 0.4) is 0 Å². The summed E-state index contributed by atoms with van der Waals surface area (Å²) in [5.41, 5.74) is 0.906. The van der Waals surface area contributed by atoms with Crippen molar-refractivity contribution in [2.45, 2.75) is 12.5 Å². The number of halogens is 2. The van der Waals surface area contributed by atoms with Crippen LogP contribution in [0, 0.1) is 11.6 Å². The van der Waals surface area contributed by atoms with E-state index in [0.717, 1.165) is 6.07 Å². The third-order valence-electron chi connectivity index (χ3n) is 3.72. The Hall–Kier alpha value is -2.50. The second kappa shape index (κ2) is 6.09. The van der Waals surface area contributed by atoms with Gasteiger partial charge in [-0.25, -0.2) is 8.78 Å². The molecule has 0 spiro atoms. The van der Waals surface area contributed by atoms with Crippen LogP contribution in [0.4, 0.5) is 14.5 Å². The predicted octanol–water partition coefficient (Wildman–Crippen LogP) is 2.37. The van der Waals surface area contributed by atoms with Crippen molar-refractivity contribution < 1.29 is 13.6 Å². The molecule has 0 saturated carbocycles. The molecule has 1 saturated heterocycles. The third-order valence-corrected chi connectivity index (χ3v) is 3.72. The smallest absolute Gasteiger partial charge is 0.251 e. The average molecular weight is 303 g/mol. The van der Waals surface area contributed by atoms with E-state index in [1.54, 1.807) is 24.5 Å². The van der Waals surface area contributed by atoms with Gasteiger partial charge < -0.3 is 10.2 Å². The molecule has 2 heterocycles. The Bertz CT molecular complexity index is 678. The first-order valence-electron chi connectivity index (χ1n) is 7.04. The van der Waals surface area contributed by atoms with E-state index in [1.165, 1.54) is 12.1 Å². The lowest BCUT2D eigenvalue weighted by Gasteiger charge is -2.19. The van der Waals surface area contributed by atoms with Crippen molar-refractivity contribution in [3.63, 3.8) is 0 Å². The number of carbonyl (C=O) groups is 1. The van der Waals surface area contributed by atoms with Crippen LogP contribution < -0.4 is 10.2 Å². The van der Waals surface area contributed by atoms with E-state index in [2.05, 4.69) is 10.3 Å². The highest BCUT2D eigenvalue weighted by molar-refractivity contribution is 5.94. The van der Waals surface area contributed by atoms with Crippen LogP contribution in [-0.4, -0.2) is 30.0 Å². The number of rotatable bonds is 3. The third kappa shape index (κ3) is 3.05. The van der Waals surface area contributed by atoms with E-state index in [-0.39, 0.29) is 11.9 Å². The Labute approximate surface area is 126 Å². The molecule has 1 aromatic carbocycles. The number of aromatic nitrogens is 1. The van der Waals surface area contributed by atoms with Crippen LogP contribution in [0.5, 0.6) is 0 Å². The summed E-state index contributed by atoms with van der Waals surface area (Å²) in [7, 11) is 0. The molecule has 0 unspecified atom stereocenters. The number of hydrogen-bond donors (Lipinski definition) is 1. The SMILES string of the molecule is O=C(N[C@@H]1CCN(c2ccc(F)cc2F)C1)c1ccncc1. The molecule has 1 aliphatic rings. The minimum atomic E-state index is -0.594. The molecule has 2 aromatic rings. The topological polar surface area (TPSA) is 45.2 Å². The molecule has 3 rings (SSSR count). The number of amides is 1. The fraction of sp³-hybridized carbons (Fsp3) is 0.250. The van der Waals surface area contributed by atoms with Crippen LogP contribution in [0.25, 0.3) is 0 Å². The maximum absolute atomic E-state index is 13.8. The largest absolute Gasteiger partial charge is 0.367 e. The highest BCUT2D eigenvalue weighted by Crippen LogP contribution is 2.24. The summed E-state index contributed by atoms with van der Waals surface area (Å²) < 4.78 is 26.7. The monoisotopic (exact) mass is 303 g/mol. The fourth-order valence-corrected chi connectivity index (χ4v) is 2.61. The molecule has 6 heteroatoms. The van der Waals surface area contributed by atoms with Crippen molar-refractivity contribution in [3.8, 4) is 0 Å². The number of benzene rings is 1. The second-order valence-electron chi connectivity index (χ2n) is 5.24. The van der Waals surface area contributed by atoms with Crippen LogP contribution in [0.15, 0.2) is 42.7 Å². The molecule has 0 aliphatic carbocycles. The van der Waals surface area contributed by atoms with Gasteiger partial charge in [-0.1, -0.05) is 0 Å². The summed E-state index contributed by atoms with van der Waals surface area (Å²) in [5.74, 6) is -1.35. The van der Waals surface area contributed by atoms with E-state index in [4.69, 9.17) is 0 Å².